The van der Waals surface area contributed by atoms with Crippen molar-refractivity contribution in [1.29, 1.82) is 0 Å². The van der Waals surface area contributed by atoms with Crippen molar-refractivity contribution in [2.24, 2.45) is 10.9 Å². The molecule has 1 atom stereocenters. The molecule has 28 heavy (non-hydrogen) atoms. The Hall–Kier alpha value is -1.79. The highest BCUT2D eigenvalue weighted by Gasteiger charge is 2.21. The number of nitrogens with zero attached hydrogens (tertiary/aromatic N) is 1. The van der Waals surface area contributed by atoms with Crippen LogP contribution in [0, 0.1) is 12.8 Å². The van der Waals surface area contributed by atoms with Crippen LogP contribution in [-0.4, -0.2) is 51.6 Å². The molecule has 1 aliphatic heterocycles. The monoisotopic (exact) mass is 389 g/mol. The molecule has 1 saturated heterocycles. The van der Waals surface area contributed by atoms with Crippen molar-refractivity contribution in [1.82, 2.24) is 10.6 Å². The first-order chi connectivity index (χ1) is 13.7. The van der Waals surface area contributed by atoms with Gasteiger partial charge in [0.05, 0.1) is 19.8 Å². The maximum Gasteiger partial charge on any atom is 0.191 e. The van der Waals surface area contributed by atoms with E-state index in [1.807, 2.05) is 0 Å². The van der Waals surface area contributed by atoms with Gasteiger partial charge in [-0.25, -0.2) is 4.99 Å². The Morgan fingerprint density at radius 1 is 1.25 bits per heavy atom. The van der Waals surface area contributed by atoms with Gasteiger partial charge in [0.15, 0.2) is 5.96 Å². The molecule has 3 rings (SSSR count). The predicted molar refractivity (Wildman–Crippen MR) is 112 cm³/mol. The third-order valence-electron chi connectivity index (χ3n) is 4.96. The SMILES string of the molecule is CCNC(=NCc1ccc(C)cc1OC1CCOC1)NCCCOCC1CC1. The van der Waals surface area contributed by atoms with Crippen LogP contribution in [0.3, 0.4) is 0 Å². The fourth-order valence-corrected chi connectivity index (χ4v) is 3.11. The fraction of sp³-hybridized carbons (Fsp3) is 0.682. The zero-order chi connectivity index (χ0) is 19.6. The van der Waals surface area contributed by atoms with E-state index in [0.29, 0.717) is 13.2 Å². The maximum absolute atomic E-state index is 6.18. The minimum atomic E-state index is 0.145. The van der Waals surface area contributed by atoms with Crippen LogP contribution in [0.5, 0.6) is 5.75 Å². The number of guanidine groups is 1. The molecule has 6 heteroatoms. The number of nitrogens with one attached hydrogen (secondary N) is 2. The van der Waals surface area contributed by atoms with Crippen LogP contribution in [0.1, 0.15) is 43.7 Å². The highest BCUT2D eigenvalue weighted by Crippen LogP contribution is 2.28. The molecule has 0 amide bonds. The normalized spacial score (nSPS) is 19.6. The molecular formula is C22H35N3O3. The molecule has 156 valence electrons. The number of rotatable bonds is 11. The molecule has 0 radical (unpaired) electrons. The zero-order valence-corrected chi connectivity index (χ0v) is 17.3. The predicted octanol–water partition coefficient (Wildman–Crippen LogP) is 3.03. The van der Waals surface area contributed by atoms with Gasteiger partial charge in [-0.05, 0) is 50.7 Å². The van der Waals surface area contributed by atoms with Crippen molar-refractivity contribution in [3.63, 3.8) is 0 Å². The summed E-state index contributed by atoms with van der Waals surface area (Å²) in [6.07, 6.45) is 4.76. The van der Waals surface area contributed by atoms with Crippen LogP contribution in [0.25, 0.3) is 0 Å². The molecule has 6 nitrogen and oxygen atoms in total. The summed E-state index contributed by atoms with van der Waals surface area (Å²) in [5, 5.41) is 6.71. The summed E-state index contributed by atoms with van der Waals surface area (Å²) in [5.74, 6) is 2.58. The van der Waals surface area contributed by atoms with E-state index < -0.39 is 0 Å². The summed E-state index contributed by atoms with van der Waals surface area (Å²) >= 11 is 0. The molecule has 0 spiro atoms. The van der Waals surface area contributed by atoms with Gasteiger partial charge in [-0.15, -0.1) is 0 Å². The van der Waals surface area contributed by atoms with Gasteiger partial charge in [-0.1, -0.05) is 12.1 Å². The molecule has 1 aliphatic carbocycles. The van der Waals surface area contributed by atoms with E-state index in [1.54, 1.807) is 0 Å². The van der Waals surface area contributed by atoms with E-state index in [-0.39, 0.29) is 6.10 Å². The van der Waals surface area contributed by atoms with Crippen LogP contribution in [0.2, 0.25) is 0 Å². The van der Waals surface area contributed by atoms with Gasteiger partial charge >= 0.3 is 0 Å². The van der Waals surface area contributed by atoms with Gasteiger partial charge in [0.25, 0.3) is 0 Å². The van der Waals surface area contributed by atoms with Crippen LogP contribution >= 0.6 is 0 Å². The Kier molecular flexibility index (Phi) is 8.42. The van der Waals surface area contributed by atoms with Crippen molar-refractivity contribution in [2.75, 3.05) is 39.5 Å². The van der Waals surface area contributed by atoms with Crippen molar-refractivity contribution in [3.05, 3.63) is 29.3 Å². The van der Waals surface area contributed by atoms with Gasteiger partial charge in [0.1, 0.15) is 11.9 Å². The molecule has 1 unspecified atom stereocenters. The van der Waals surface area contributed by atoms with Crippen LogP contribution in [0.15, 0.2) is 23.2 Å². The Morgan fingerprint density at radius 2 is 2.14 bits per heavy atom. The molecule has 2 fully saturated rings. The lowest BCUT2D eigenvalue weighted by Gasteiger charge is -2.16. The Morgan fingerprint density at radius 3 is 2.89 bits per heavy atom. The maximum atomic E-state index is 6.18. The number of ether oxygens (including phenoxy) is 3. The molecule has 1 aromatic carbocycles. The second-order valence-corrected chi connectivity index (χ2v) is 7.71. The van der Waals surface area contributed by atoms with E-state index >= 15 is 0 Å². The number of benzene rings is 1. The van der Waals surface area contributed by atoms with E-state index in [1.165, 1.54) is 18.4 Å². The summed E-state index contributed by atoms with van der Waals surface area (Å²) in [7, 11) is 0. The second kappa shape index (κ2) is 11.3. The Balaban J connectivity index is 1.49. The van der Waals surface area contributed by atoms with Crippen molar-refractivity contribution in [2.45, 2.75) is 52.2 Å². The first kappa shape index (κ1) is 20.9. The topological polar surface area (TPSA) is 64.1 Å². The molecular weight excluding hydrogens is 354 g/mol. The lowest BCUT2D eigenvalue weighted by atomic mass is 10.1. The lowest BCUT2D eigenvalue weighted by molar-refractivity contribution is 0.123. The van der Waals surface area contributed by atoms with Gasteiger partial charge in [0, 0.05) is 38.3 Å². The largest absolute Gasteiger partial charge is 0.488 e. The fourth-order valence-electron chi connectivity index (χ4n) is 3.11. The summed E-state index contributed by atoms with van der Waals surface area (Å²) in [4.78, 5) is 4.75. The number of aliphatic imine (C=N–C) groups is 1. The van der Waals surface area contributed by atoms with E-state index in [2.05, 4.69) is 42.7 Å². The average molecular weight is 390 g/mol. The zero-order valence-electron chi connectivity index (χ0n) is 17.3. The highest BCUT2D eigenvalue weighted by atomic mass is 16.5. The van der Waals surface area contributed by atoms with Gasteiger partial charge in [0.2, 0.25) is 0 Å². The summed E-state index contributed by atoms with van der Waals surface area (Å²) in [6.45, 7) is 9.62. The molecule has 2 N–H and O–H groups in total. The highest BCUT2D eigenvalue weighted by molar-refractivity contribution is 5.79. The Bertz CT molecular complexity index is 625. The molecule has 2 aliphatic rings. The smallest absolute Gasteiger partial charge is 0.191 e. The van der Waals surface area contributed by atoms with Crippen molar-refractivity contribution < 1.29 is 14.2 Å². The van der Waals surface area contributed by atoms with Crippen molar-refractivity contribution in [3.8, 4) is 5.75 Å². The molecule has 0 aromatic heterocycles. The second-order valence-electron chi connectivity index (χ2n) is 7.71. The van der Waals surface area contributed by atoms with Crippen LogP contribution in [0.4, 0.5) is 0 Å². The molecule has 1 saturated carbocycles. The van der Waals surface area contributed by atoms with E-state index in [4.69, 9.17) is 19.2 Å². The summed E-state index contributed by atoms with van der Waals surface area (Å²) in [5.41, 5.74) is 2.29. The van der Waals surface area contributed by atoms with Crippen LogP contribution < -0.4 is 15.4 Å². The number of hydrogen-bond donors (Lipinski definition) is 2. The third-order valence-corrected chi connectivity index (χ3v) is 4.96. The Labute approximate surface area is 169 Å². The van der Waals surface area contributed by atoms with Gasteiger partial charge in [-0.3, -0.25) is 0 Å². The average Bonchev–Trinajstić information content (AvgIpc) is 3.37. The van der Waals surface area contributed by atoms with Crippen molar-refractivity contribution >= 4 is 5.96 Å². The first-order valence-electron chi connectivity index (χ1n) is 10.7. The number of hydrogen-bond acceptors (Lipinski definition) is 4. The lowest BCUT2D eigenvalue weighted by Crippen LogP contribution is -2.38. The minimum absolute atomic E-state index is 0.145. The van der Waals surface area contributed by atoms with E-state index in [0.717, 1.165) is 68.9 Å². The molecule has 1 aromatic rings. The van der Waals surface area contributed by atoms with Gasteiger partial charge in [-0.2, -0.15) is 0 Å². The summed E-state index contributed by atoms with van der Waals surface area (Å²) < 4.78 is 17.3. The molecule has 0 bridgehead atoms. The number of aryl methyl sites for hydroxylation is 1. The third kappa shape index (κ3) is 7.32. The van der Waals surface area contributed by atoms with Gasteiger partial charge < -0.3 is 24.8 Å². The molecule has 1 heterocycles. The summed E-state index contributed by atoms with van der Waals surface area (Å²) in [6, 6.07) is 6.32. The quantitative estimate of drug-likeness (QED) is 0.346. The standard InChI is InChI=1S/C22H35N3O3/c1-3-23-22(24-10-4-11-26-15-18-6-7-18)25-14-19-8-5-17(2)13-21(19)28-20-9-12-27-16-20/h5,8,13,18,20H,3-4,6-7,9-12,14-16H2,1-2H3,(H2,23,24,25). The first-order valence-corrected chi connectivity index (χ1v) is 10.7. The van der Waals surface area contributed by atoms with E-state index in [9.17, 15) is 0 Å². The van der Waals surface area contributed by atoms with Crippen LogP contribution in [-0.2, 0) is 16.0 Å². The minimum Gasteiger partial charge on any atom is -0.488 e.